The number of carbonyl (C=O) groups is 1. The quantitative estimate of drug-likeness (QED) is 0.868. The van der Waals surface area contributed by atoms with E-state index in [4.69, 9.17) is 14.2 Å². The van der Waals surface area contributed by atoms with E-state index >= 15 is 0 Å². The first-order valence-electron chi connectivity index (χ1n) is 7.26. The van der Waals surface area contributed by atoms with E-state index in [1.54, 1.807) is 0 Å². The zero-order chi connectivity index (χ0) is 14.5. The normalized spacial score (nSPS) is 17.7. The Morgan fingerprint density at radius 3 is 2.86 bits per heavy atom. The van der Waals surface area contributed by atoms with E-state index in [0.29, 0.717) is 13.0 Å². The summed E-state index contributed by atoms with van der Waals surface area (Å²) in [5.74, 6) is 1.58. The van der Waals surface area contributed by atoms with Crippen molar-refractivity contribution < 1.29 is 19.0 Å². The number of morpholine rings is 1. The van der Waals surface area contributed by atoms with Crippen LogP contribution in [0.4, 0.5) is 0 Å². The van der Waals surface area contributed by atoms with Gasteiger partial charge >= 0.3 is 0 Å². The van der Waals surface area contributed by atoms with Crippen LogP contribution in [0.1, 0.15) is 12.0 Å². The monoisotopic (exact) mass is 292 g/mol. The van der Waals surface area contributed by atoms with Crippen molar-refractivity contribution in [2.24, 2.45) is 0 Å². The topological polar surface area (TPSA) is 60.0 Å². The van der Waals surface area contributed by atoms with Gasteiger partial charge in [-0.05, 0) is 17.7 Å². The van der Waals surface area contributed by atoms with Crippen LogP contribution >= 0.6 is 0 Å². The number of carbonyl (C=O) groups excluding carboxylic acids is 1. The van der Waals surface area contributed by atoms with Gasteiger partial charge in [-0.25, -0.2) is 0 Å². The number of fused-ring (bicyclic) bond motifs is 1. The van der Waals surface area contributed by atoms with Crippen molar-refractivity contribution in [1.29, 1.82) is 0 Å². The summed E-state index contributed by atoms with van der Waals surface area (Å²) < 4.78 is 15.9. The standard InChI is InChI=1S/C15H20N2O4/c18-15(3-4-17-5-7-19-8-6-17)16-10-12-1-2-13-14(9-12)21-11-20-13/h1-2,9H,3-8,10-11H2,(H,16,18). The van der Waals surface area contributed by atoms with Crippen LogP contribution in [-0.4, -0.2) is 50.4 Å². The van der Waals surface area contributed by atoms with Crippen LogP contribution in [0, 0.1) is 0 Å². The van der Waals surface area contributed by atoms with E-state index in [-0.39, 0.29) is 12.7 Å². The maximum Gasteiger partial charge on any atom is 0.231 e. The van der Waals surface area contributed by atoms with Crippen molar-refractivity contribution in [2.75, 3.05) is 39.6 Å². The molecule has 6 nitrogen and oxygen atoms in total. The lowest BCUT2D eigenvalue weighted by atomic mass is 10.2. The molecule has 1 saturated heterocycles. The van der Waals surface area contributed by atoms with Crippen LogP contribution in [-0.2, 0) is 16.1 Å². The van der Waals surface area contributed by atoms with Crippen molar-refractivity contribution in [1.82, 2.24) is 10.2 Å². The first-order chi connectivity index (χ1) is 10.3. The molecule has 3 rings (SSSR count). The van der Waals surface area contributed by atoms with Crippen LogP contribution in [0.15, 0.2) is 18.2 Å². The van der Waals surface area contributed by atoms with Gasteiger partial charge in [-0.1, -0.05) is 6.07 Å². The van der Waals surface area contributed by atoms with Gasteiger partial charge in [-0.15, -0.1) is 0 Å². The van der Waals surface area contributed by atoms with Crippen LogP contribution in [0.3, 0.4) is 0 Å². The summed E-state index contributed by atoms with van der Waals surface area (Å²) in [4.78, 5) is 14.1. The Morgan fingerprint density at radius 2 is 2.00 bits per heavy atom. The Labute approximate surface area is 124 Å². The third kappa shape index (κ3) is 3.86. The number of nitrogens with one attached hydrogen (secondary N) is 1. The maximum absolute atomic E-state index is 11.9. The second-order valence-corrected chi connectivity index (χ2v) is 5.17. The molecule has 2 aliphatic rings. The minimum atomic E-state index is 0.0687. The molecule has 0 unspecified atom stereocenters. The molecule has 6 heteroatoms. The van der Waals surface area contributed by atoms with Crippen molar-refractivity contribution >= 4 is 5.91 Å². The molecule has 2 heterocycles. The highest BCUT2D eigenvalue weighted by Crippen LogP contribution is 2.32. The molecule has 0 bridgehead atoms. The Balaban J connectivity index is 1.41. The molecule has 2 aliphatic heterocycles. The Hall–Kier alpha value is -1.79. The minimum absolute atomic E-state index is 0.0687. The SMILES string of the molecule is O=C(CCN1CCOCC1)NCc1ccc2c(c1)OCO2. The maximum atomic E-state index is 11.9. The van der Waals surface area contributed by atoms with E-state index < -0.39 is 0 Å². The van der Waals surface area contributed by atoms with E-state index in [0.717, 1.165) is 49.9 Å². The largest absolute Gasteiger partial charge is 0.454 e. The zero-order valence-corrected chi connectivity index (χ0v) is 12.0. The lowest BCUT2D eigenvalue weighted by molar-refractivity contribution is -0.121. The summed E-state index contributed by atoms with van der Waals surface area (Å²) in [7, 11) is 0. The fraction of sp³-hybridized carbons (Fsp3) is 0.533. The van der Waals surface area contributed by atoms with E-state index in [9.17, 15) is 4.79 Å². The average Bonchev–Trinajstić information content (AvgIpc) is 2.99. The fourth-order valence-corrected chi connectivity index (χ4v) is 2.42. The molecule has 1 N–H and O–H groups in total. The highest BCUT2D eigenvalue weighted by molar-refractivity contribution is 5.76. The molecule has 1 amide bonds. The van der Waals surface area contributed by atoms with Crippen molar-refractivity contribution in [3.05, 3.63) is 23.8 Å². The first kappa shape index (κ1) is 14.2. The number of hydrogen-bond acceptors (Lipinski definition) is 5. The Morgan fingerprint density at radius 1 is 1.19 bits per heavy atom. The summed E-state index contributed by atoms with van der Waals surface area (Å²) in [6.45, 7) is 4.92. The van der Waals surface area contributed by atoms with Crippen molar-refractivity contribution in [2.45, 2.75) is 13.0 Å². The third-order valence-electron chi connectivity index (χ3n) is 3.69. The number of ether oxygens (including phenoxy) is 3. The zero-order valence-electron chi connectivity index (χ0n) is 12.0. The van der Waals surface area contributed by atoms with Gasteiger partial charge in [0, 0.05) is 32.6 Å². The molecular weight excluding hydrogens is 272 g/mol. The fourth-order valence-electron chi connectivity index (χ4n) is 2.42. The van der Waals surface area contributed by atoms with Gasteiger partial charge < -0.3 is 19.5 Å². The van der Waals surface area contributed by atoms with Gasteiger partial charge in [0.1, 0.15) is 0 Å². The predicted molar refractivity (Wildman–Crippen MR) is 76.3 cm³/mol. The highest BCUT2D eigenvalue weighted by atomic mass is 16.7. The minimum Gasteiger partial charge on any atom is -0.454 e. The Bertz CT molecular complexity index is 500. The highest BCUT2D eigenvalue weighted by Gasteiger charge is 2.14. The molecule has 0 saturated carbocycles. The first-order valence-corrected chi connectivity index (χ1v) is 7.26. The van der Waals surface area contributed by atoms with Gasteiger partial charge in [0.25, 0.3) is 0 Å². The second kappa shape index (κ2) is 6.78. The van der Waals surface area contributed by atoms with Gasteiger partial charge in [0.05, 0.1) is 13.2 Å². The van der Waals surface area contributed by atoms with Crippen LogP contribution in [0.25, 0.3) is 0 Å². The number of nitrogens with zero attached hydrogens (tertiary/aromatic N) is 1. The predicted octanol–water partition coefficient (Wildman–Crippen LogP) is 0.754. The molecule has 21 heavy (non-hydrogen) atoms. The van der Waals surface area contributed by atoms with Crippen LogP contribution < -0.4 is 14.8 Å². The number of hydrogen-bond donors (Lipinski definition) is 1. The van der Waals surface area contributed by atoms with E-state index in [2.05, 4.69) is 10.2 Å². The number of benzene rings is 1. The average molecular weight is 292 g/mol. The summed E-state index contributed by atoms with van der Waals surface area (Å²) in [5.41, 5.74) is 1.01. The molecular formula is C15H20N2O4. The molecule has 1 fully saturated rings. The smallest absolute Gasteiger partial charge is 0.231 e. The number of amides is 1. The number of rotatable bonds is 5. The molecule has 0 atom stereocenters. The molecule has 1 aromatic rings. The molecule has 1 aromatic carbocycles. The molecule has 0 aliphatic carbocycles. The lowest BCUT2D eigenvalue weighted by Gasteiger charge is -2.26. The third-order valence-corrected chi connectivity index (χ3v) is 3.69. The molecule has 0 radical (unpaired) electrons. The molecule has 0 spiro atoms. The molecule has 114 valence electrons. The van der Waals surface area contributed by atoms with E-state index in [1.807, 2.05) is 18.2 Å². The lowest BCUT2D eigenvalue weighted by Crippen LogP contribution is -2.38. The van der Waals surface area contributed by atoms with Gasteiger partial charge in [-0.2, -0.15) is 0 Å². The van der Waals surface area contributed by atoms with Crippen LogP contribution in [0.2, 0.25) is 0 Å². The van der Waals surface area contributed by atoms with Crippen molar-refractivity contribution in [3.63, 3.8) is 0 Å². The summed E-state index contributed by atoms with van der Waals surface area (Å²) in [5, 5.41) is 2.94. The van der Waals surface area contributed by atoms with Gasteiger partial charge in [0.15, 0.2) is 11.5 Å². The van der Waals surface area contributed by atoms with Gasteiger partial charge in [-0.3, -0.25) is 9.69 Å². The summed E-state index contributed by atoms with van der Waals surface area (Å²) in [6.07, 6.45) is 0.518. The van der Waals surface area contributed by atoms with Gasteiger partial charge in [0.2, 0.25) is 12.7 Å². The Kier molecular flexibility index (Phi) is 4.57. The molecule has 0 aromatic heterocycles. The van der Waals surface area contributed by atoms with Crippen LogP contribution in [0.5, 0.6) is 11.5 Å². The summed E-state index contributed by atoms with van der Waals surface area (Å²) in [6, 6.07) is 5.72. The summed E-state index contributed by atoms with van der Waals surface area (Å²) >= 11 is 0. The van der Waals surface area contributed by atoms with Crippen molar-refractivity contribution in [3.8, 4) is 11.5 Å². The van der Waals surface area contributed by atoms with E-state index in [1.165, 1.54) is 0 Å². The second-order valence-electron chi connectivity index (χ2n) is 5.17.